The molecule has 0 spiro atoms. The lowest BCUT2D eigenvalue weighted by molar-refractivity contribution is 0.459. The summed E-state index contributed by atoms with van der Waals surface area (Å²) in [5.41, 5.74) is 4.92. The summed E-state index contributed by atoms with van der Waals surface area (Å²) in [5, 5.41) is 2.21. The Labute approximate surface area is 111 Å². The van der Waals surface area contributed by atoms with Gasteiger partial charge in [0.05, 0.1) is 0 Å². The summed E-state index contributed by atoms with van der Waals surface area (Å²) in [6, 6.07) is 0.127. The van der Waals surface area contributed by atoms with Crippen molar-refractivity contribution in [2.75, 3.05) is 11.1 Å². The van der Waals surface area contributed by atoms with E-state index < -0.39 is 29.0 Å². The lowest BCUT2D eigenvalue weighted by atomic mass is 10.2. The van der Waals surface area contributed by atoms with E-state index in [2.05, 4.69) is 15.3 Å². The Kier molecular flexibility index (Phi) is 3.47. The van der Waals surface area contributed by atoms with Crippen LogP contribution in [0.3, 0.4) is 0 Å². The number of nitrogens with zero attached hydrogens (tertiary/aromatic N) is 2. The van der Waals surface area contributed by atoms with Crippen LogP contribution in [0.2, 0.25) is 0 Å². The van der Waals surface area contributed by atoms with E-state index in [0.717, 1.165) is 0 Å². The van der Waals surface area contributed by atoms with Crippen molar-refractivity contribution in [3.8, 4) is 0 Å². The molecular formula is C12H10F4N4. The molecule has 0 saturated heterocycles. The smallest absolute Gasteiger partial charge is 0.185 e. The van der Waals surface area contributed by atoms with E-state index in [1.807, 2.05) is 0 Å². The van der Waals surface area contributed by atoms with Gasteiger partial charge in [-0.15, -0.1) is 0 Å². The van der Waals surface area contributed by atoms with E-state index in [9.17, 15) is 17.6 Å². The molecule has 0 aliphatic carbocycles. The first-order chi connectivity index (χ1) is 9.31. The standard InChI is InChI=1S/C12H10F4N4/c1-4-11(17)18-5(2)19-12(4)20-10-8(15)6(13)3-7(14)9(10)16/h3H,1-2H3,(H3,17,18,19,20). The molecule has 2 aromatic rings. The average molecular weight is 286 g/mol. The lowest BCUT2D eigenvalue weighted by Gasteiger charge is -2.12. The molecule has 0 amide bonds. The van der Waals surface area contributed by atoms with Gasteiger partial charge in [0.2, 0.25) is 0 Å². The van der Waals surface area contributed by atoms with E-state index in [1.165, 1.54) is 13.8 Å². The predicted molar refractivity (Wildman–Crippen MR) is 65.5 cm³/mol. The Morgan fingerprint density at radius 3 is 2.10 bits per heavy atom. The van der Waals surface area contributed by atoms with Gasteiger partial charge in [0.1, 0.15) is 23.1 Å². The van der Waals surface area contributed by atoms with Gasteiger partial charge in [0, 0.05) is 11.6 Å². The average Bonchev–Trinajstić information content (AvgIpc) is 2.37. The molecule has 0 aliphatic heterocycles. The summed E-state index contributed by atoms with van der Waals surface area (Å²) in [4.78, 5) is 7.74. The first kappa shape index (κ1) is 14.0. The first-order valence-corrected chi connectivity index (χ1v) is 5.52. The Morgan fingerprint density at radius 1 is 1.00 bits per heavy atom. The Morgan fingerprint density at radius 2 is 1.55 bits per heavy atom. The van der Waals surface area contributed by atoms with Crippen LogP contribution in [-0.2, 0) is 0 Å². The van der Waals surface area contributed by atoms with E-state index in [4.69, 9.17) is 5.73 Å². The van der Waals surface area contributed by atoms with Crippen molar-refractivity contribution in [1.82, 2.24) is 9.97 Å². The fraction of sp³-hybridized carbons (Fsp3) is 0.167. The van der Waals surface area contributed by atoms with Gasteiger partial charge in [0.25, 0.3) is 0 Å². The quantitative estimate of drug-likeness (QED) is 0.658. The van der Waals surface area contributed by atoms with E-state index >= 15 is 0 Å². The summed E-state index contributed by atoms with van der Waals surface area (Å²) >= 11 is 0. The van der Waals surface area contributed by atoms with Crippen LogP contribution in [0, 0.1) is 37.1 Å². The molecule has 0 atom stereocenters. The summed E-state index contributed by atoms with van der Waals surface area (Å²) in [6.07, 6.45) is 0. The minimum atomic E-state index is -1.54. The Bertz CT molecular complexity index is 662. The highest BCUT2D eigenvalue weighted by atomic mass is 19.2. The molecule has 20 heavy (non-hydrogen) atoms. The molecule has 2 rings (SSSR count). The number of aryl methyl sites for hydroxylation is 1. The van der Waals surface area contributed by atoms with Gasteiger partial charge in [-0.3, -0.25) is 0 Å². The molecule has 8 heteroatoms. The number of aromatic nitrogens is 2. The van der Waals surface area contributed by atoms with Gasteiger partial charge in [0.15, 0.2) is 23.3 Å². The van der Waals surface area contributed by atoms with Crippen LogP contribution in [-0.4, -0.2) is 9.97 Å². The highest BCUT2D eigenvalue weighted by molar-refractivity contribution is 5.64. The first-order valence-electron chi connectivity index (χ1n) is 5.52. The maximum atomic E-state index is 13.5. The van der Waals surface area contributed by atoms with Crippen LogP contribution < -0.4 is 11.1 Å². The number of nitrogens with two attached hydrogens (primary N) is 1. The van der Waals surface area contributed by atoms with Crippen LogP contribution in [0.4, 0.5) is 34.9 Å². The zero-order valence-electron chi connectivity index (χ0n) is 10.6. The van der Waals surface area contributed by atoms with Crippen molar-refractivity contribution >= 4 is 17.3 Å². The molecule has 106 valence electrons. The summed E-state index contributed by atoms with van der Waals surface area (Å²) in [6.45, 7) is 3.02. The number of anilines is 3. The molecule has 0 bridgehead atoms. The van der Waals surface area contributed by atoms with Gasteiger partial charge in [-0.05, 0) is 13.8 Å². The van der Waals surface area contributed by atoms with Gasteiger partial charge in [-0.25, -0.2) is 27.5 Å². The SMILES string of the molecule is Cc1nc(N)c(C)c(Nc2c(F)c(F)cc(F)c2F)n1. The molecule has 0 aliphatic rings. The van der Waals surface area contributed by atoms with Gasteiger partial charge in [-0.2, -0.15) is 0 Å². The number of benzene rings is 1. The number of hydrogen-bond donors (Lipinski definition) is 2. The molecule has 3 N–H and O–H groups in total. The summed E-state index contributed by atoms with van der Waals surface area (Å²) in [7, 11) is 0. The van der Waals surface area contributed by atoms with Gasteiger partial charge < -0.3 is 11.1 Å². The Hall–Kier alpha value is -2.38. The third-order valence-electron chi connectivity index (χ3n) is 2.65. The molecule has 1 aromatic carbocycles. The van der Waals surface area contributed by atoms with Crippen molar-refractivity contribution in [2.24, 2.45) is 0 Å². The van der Waals surface area contributed by atoms with Gasteiger partial charge >= 0.3 is 0 Å². The molecule has 0 saturated carbocycles. The highest BCUT2D eigenvalue weighted by Crippen LogP contribution is 2.28. The second kappa shape index (κ2) is 4.95. The topological polar surface area (TPSA) is 63.8 Å². The van der Waals surface area contributed by atoms with Crippen molar-refractivity contribution in [3.05, 3.63) is 40.7 Å². The van der Waals surface area contributed by atoms with Crippen LogP contribution in [0.15, 0.2) is 6.07 Å². The third-order valence-corrected chi connectivity index (χ3v) is 2.65. The molecule has 1 heterocycles. The van der Waals surface area contributed by atoms with Crippen molar-refractivity contribution in [2.45, 2.75) is 13.8 Å². The second-order valence-electron chi connectivity index (χ2n) is 4.10. The molecule has 1 aromatic heterocycles. The Balaban J connectivity index is 2.56. The van der Waals surface area contributed by atoms with Crippen LogP contribution in [0.5, 0.6) is 0 Å². The maximum Gasteiger partial charge on any atom is 0.185 e. The zero-order chi connectivity index (χ0) is 15.0. The summed E-state index contributed by atoms with van der Waals surface area (Å²) in [5.74, 6) is -5.80. The predicted octanol–water partition coefficient (Wildman–Crippen LogP) is 2.98. The van der Waals surface area contributed by atoms with Crippen LogP contribution in [0.1, 0.15) is 11.4 Å². The molecule has 0 radical (unpaired) electrons. The lowest BCUT2D eigenvalue weighted by Crippen LogP contribution is -2.08. The number of nitrogen functional groups attached to an aromatic ring is 1. The number of rotatable bonds is 2. The van der Waals surface area contributed by atoms with E-state index in [-0.39, 0.29) is 23.5 Å². The third kappa shape index (κ3) is 2.36. The van der Waals surface area contributed by atoms with Crippen LogP contribution in [0.25, 0.3) is 0 Å². The zero-order valence-corrected chi connectivity index (χ0v) is 10.6. The van der Waals surface area contributed by atoms with Crippen molar-refractivity contribution in [3.63, 3.8) is 0 Å². The minimum Gasteiger partial charge on any atom is -0.383 e. The fourth-order valence-corrected chi connectivity index (χ4v) is 1.57. The molecule has 0 unspecified atom stereocenters. The second-order valence-corrected chi connectivity index (χ2v) is 4.10. The number of nitrogens with one attached hydrogen (secondary N) is 1. The summed E-state index contributed by atoms with van der Waals surface area (Å²) < 4.78 is 53.3. The largest absolute Gasteiger partial charge is 0.383 e. The fourth-order valence-electron chi connectivity index (χ4n) is 1.57. The number of hydrogen-bond acceptors (Lipinski definition) is 4. The maximum absolute atomic E-state index is 13.5. The van der Waals surface area contributed by atoms with Crippen molar-refractivity contribution in [1.29, 1.82) is 0 Å². The highest BCUT2D eigenvalue weighted by Gasteiger charge is 2.20. The monoisotopic (exact) mass is 286 g/mol. The van der Waals surface area contributed by atoms with Gasteiger partial charge in [-0.1, -0.05) is 0 Å². The van der Waals surface area contributed by atoms with E-state index in [1.54, 1.807) is 0 Å². The molecular weight excluding hydrogens is 276 g/mol. The molecule has 4 nitrogen and oxygen atoms in total. The number of halogens is 4. The van der Waals surface area contributed by atoms with Crippen LogP contribution >= 0.6 is 0 Å². The molecule has 0 fully saturated rings. The normalized spacial score (nSPS) is 10.7. The van der Waals surface area contributed by atoms with Crippen molar-refractivity contribution < 1.29 is 17.6 Å². The van der Waals surface area contributed by atoms with E-state index in [0.29, 0.717) is 5.56 Å². The minimum absolute atomic E-state index is 0.0298.